The fourth-order valence-electron chi connectivity index (χ4n) is 2.01. The Labute approximate surface area is 100 Å². The van der Waals surface area contributed by atoms with Gasteiger partial charge in [-0.05, 0) is 42.9 Å². The van der Waals surface area contributed by atoms with E-state index in [0.717, 1.165) is 17.9 Å². The minimum Gasteiger partial charge on any atom is -0.508 e. The van der Waals surface area contributed by atoms with Gasteiger partial charge in [0.1, 0.15) is 5.75 Å². The van der Waals surface area contributed by atoms with E-state index in [1.54, 1.807) is 12.1 Å². The lowest BCUT2D eigenvalue weighted by atomic mass is 9.95. The monoisotopic (exact) mass is 238 g/mol. The Bertz CT molecular complexity index is 333. The second-order valence-electron chi connectivity index (χ2n) is 4.31. The van der Waals surface area contributed by atoms with Crippen LogP contribution < -0.4 is 11.1 Å². The van der Waals surface area contributed by atoms with Crippen LogP contribution in [0.4, 0.5) is 5.69 Å². The molecule has 0 aliphatic carbocycles. The molecule has 0 spiro atoms. The van der Waals surface area contributed by atoms with Crippen molar-refractivity contribution >= 4 is 17.4 Å². The minimum absolute atomic E-state index is 0.0277. The van der Waals surface area contributed by atoms with Gasteiger partial charge in [0.05, 0.1) is 5.54 Å². The van der Waals surface area contributed by atoms with E-state index in [1.165, 1.54) is 12.2 Å². The summed E-state index contributed by atoms with van der Waals surface area (Å²) in [6.07, 6.45) is 2.34. The van der Waals surface area contributed by atoms with Crippen LogP contribution in [0, 0.1) is 0 Å². The van der Waals surface area contributed by atoms with Crippen molar-refractivity contribution in [3.05, 3.63) is 24.3 Å². The van der Waals surface area contributed by atoms with Crippen molar-refractivity contribution in [2.75, 3.05) is 23.4 Å². The van der Waals surface area contributed by atoms with Gasteiger partial charge in [0.2, 0.25) is 0 Å². The number of anilines is 1. The molecule has 0 amide bonds. The topological polar surface area (TPSA) is 58.3 Å². The second kappa shape index (κ2) is 4.97. The number of phenols is 1. The van der Waals surface area contributed by atoms with Gasteiger partial charge in [0.15, 0.2) is 0 Å². The molecule has 1 aliphatic rings. The summed E-state index contributed by atoms with van der Waals surface area (Å²) in [5.74, 6) is 2.59. The van der Waals surface area contributed by atoms with Gasteiger partial charge in [-0.15, -0.1) is 0 Å². The van der Waals surface area contributed by atoms with Crippen molar-refractivity contribution in [3.63, 3.8) is 0 Å². The zero-order valence-corrected chi connectivity index (χ0v) is 10.1. The lowest BCUT2D eigenvalue weighted by Crippen LogP contribution is -2.49. The van der Waals surface area contributed by atoms with E-state index in [0.29, 0.717) is 12.3 Å². The molecular weight excluding hydrogens is 220 g/mol. The molecule has 0 aromatic heterocycles. The van der Waals surface area contributed by atoms with Gasteiger partial charge in [-0.25, -0.2) is 0 Å². The highest BCUT2D eigenvalue weighted by Gasteiger charge is 2.30. The molecule has 0 radical (unpaired) electrons. The van der Waals surface area contributed by atoms with Crippen LogP contribution in [0.1, 0.15) is 12.8 Å². The number of rotatable bonds is 3. The Morgan fingerprint density at radius 2 is 2.12 bits per heavy atom. The van der Waals surface area contributed by atoms with Gasteiger partial charge < -0.3 is 16.2 Å². The molecule has 1 aliphatic heterocycles. The molecule has 1 aromatic carbocycles. The molecule has 1 fully saturated rings. The molecule has 1 saturated heterocycles. The highest BCUT2D eigenvalue weighted by atomic mass is 32.2. The molecule has 0 bridgehead atoms. The van der Waals surface area contributed by atoms with E-state index < -0.39 is 0 Å². The molecule has 4 heteroatoms. The number of hydrogen-bond acceptors (Lipinski definition) is 4. The van der Waals surface area contributed by atoms with Crippen molar-refractivity contribution in [1.82, 2.24) is 0 Å². The van der Waals surface area contributed by atoms with Crippen LogP contribution in [0.25, 0.3) is 0 Å². The molecule has 16 heavy (non-hydrogen) atoms. The number of aromatic hydroxyl groups is 1. The summed E-state index contributed by atoms with van der Waals surface area (Å²) in [5, 5.41) is 12.7. The smallest absolute Gasteiger partial charge is 0.115 e. The molecule has 4 N–H and O–H groups in total. The lowest BCUT2D eigenvalue weighted by molar-refractivity contribution is 0.471. The Balaban J connectivity index is 2.08. The summed E-state index contributed by atoms with van der Waals surface area (Å²) < 4.78 is 0. The highest BCUT2D eigenvalue weighted by molar-refractivity contribution is 7.99. The Morgan fingerprint density at radius 1 is 1.38 bits per heavy atom. The van der Waals surface area contributed by atoms with Gasteiger partial charge in [-0.2, -0.15) is 11.8 Å². The summed E-state index contributed by atoms with van der Waals surface area (Å²) in [4.78, 5) is 0. The van der Waals surface area contributed by atoms with Gasteiger partial charge in [0, 0.05) is 18.0 Å². The second-order valence-corrected chi connectivity index (χ2v) is 5.42. The van der Waals surface area contributed by atoms with Crippen molar-refractivity contribution in [2.45, 2.75) is 18.4 Å². The first-order valence-electron chi connectivity index (χ1n) is 5.59. The molecule has 2 rings (SSSR count). The maximum atomic E-state index is 9.23. The van der Waals surface area contributed by atoms with Gasteiger partial charge in [-0.1, -0.05) is 0 Å². The van der Waals surface area contributed by atoms with Crippen molar-refractivity contribution < 1.29 is 5.11 Å². The maximum Gasteiger partial charge on any atom is 0.115 e. The fourth-order valence-corrected chi connectivity index (χ4v) is 3.23. The van der Waals surface area contributed by atoms with Gasteiger partial charge in [0.25, 0.3) is 0 Å². The zero-order valence-electron chi connectivity index (χ0n) is 9.28. The van der Waals surface area contributed by atoms with Crippen LogP contribution in [-0.4, -0.2) is 28.7 Å². The average molecular weight is 238 g/mol. The van der Waals surface area contributed by atoms with E-state index in [1.807, 2.05) is 23.9 Å². The lowest BCUT2D eigenvalue weighted by Gasteiger charge is -2.37. The number of benzene rings is 1. The van der Waals surface area contributed by atoms with E-state index >= 15 is 0 Å². The standard InChI is InChI=1S/C12H18N2OS/c13-8-12(6-1-7-16-9-12)14-10-2-4-11(15)5-3-10/h2-5,14-15H,1,6-9,13H2. The summed E-state index contributed by atoms with van der Waals surface area (Å²) in [6.45, 7) is 0.654. The first-order chi connectivity index (χ1) is 7.74. The highest BCUT2D eigenvalue weighted by Crippen LogP contribution is 2.29. The number of thioether (sulfide) groups is 1. The number of phenolic OH excluding ortho intramolecular Hbond substituents is 1. The van der Waals surface area contributed by atoms with Crippen LogP contribution in [0.15, 0.2) is 24.3 Å². The zero-order chi connectivity index (χ0) is 11.4. The van der Waals surface area contributed by atoms with Crippen LogP contribution in [0.5, 0.6) is 5.75 Å². The van der Waals surface area contributed by atoms with Gasteiger partial charge >= 0.3 is 0 Å². The molecule has 3 nitrogen and oxygen atoms in total. The van der Waals surface area contributed by atoms with Crippen molar-refractivity contribution in [2.24, 2.45) is 5.73 Å². The maximum absolute atomic E-state index is 9.23. The van der Waals surface area contributed by atoms with Crippen molar-refractivity contribution in [3.8, 4) is 5.75 Å². The molecular formula is C12H18N2OS. The van der Waals surface area contributed by atoms with Crippen molar-refractivity contribution in [1.29, 1.82) is 0 Å². The first kappa shape index (κ1) is 11.6. The predicted octanol–water partition coefficient (Wildman–Crippen LogP) is 2.03. The number of nitrogens with one attached hydrogen (secondary N) is 1. The fraction of sp³-hybridized carbons (Fsp3) is 0.500. The quantitative estimate of drug-likeness (QED) is 0.705. The molecule has 1 atom stereocenters. The molecule has 88 valence electrons. The molecule has 1 unspecified atom stereocenters. The third-order valence-electron chi connectivity index (χ3n) is 2.99. The van der Waals surface area contributed by atoms with E-state index in [-0.39, 0.29) is 5.54 Å². The van der Waals surface area contributed by atoms with E-state index in [9.17, 15) is 5.11 Å². The van der Waals surface area contributed by atoms with Crippen LogP contribution in [0.2, 0.25) is 0 Å². The number of hydrogen-bond donors (Lipinski definition) is 3. The molecule has 1 aromatic rings. The van der Waals surface area contributed by atoms with E-state index in [2.05, 4.69) is 5.32 Å². The Kier molecular flexibility index (Phi) is 3.61. The van der Waals surface area contributed by atoms with Crippen LogP contribution >= 0.6 is 11.8 Å². The van der Waals surface area contributed by atoms with Crippen LogP contribution in [0.3, 0.4) is 0 Å². The Hall–Kier alpha value is -0.870. The third-order valence-corrected chi connectivity index (χ3v) is 4.32. The first-order valence-corrected chi connectivity index (χ1v) is 6.75. The molecule has 0 saturated carbocycles. The van der Waals surface area contributed by atoms with Crippen LogP contribution in [-0.2, 0) is 0 Å². The minimum atomic E-state index is 0.0277. The summed E-state index contributed by atoms with van der Waals surface area (Å²) in [7, 11) is 0. The third kappa shape index (κ3) is 2.62. The summed E-state index contributed by atoms with van der Waals surface area (Å²) in [6, 6.07) is 7.18. The normalized spacial score (nSPS) is 25.3. The summed E-state index contributed by atoms with van der Waals surface area (Å²) >= 11 is 1.96. The van der Waals surface area contributed by atoms with Gasteiger partial charge in [-0.3, -0.25) is 0 Å². The number of nitrogens with two attached hydrogens (primary N) is 1. The largest absolute Gasteiger partial charge is 0.508 e. The SMILES string of the molecule is NCC1(Nc2ccc(O)cc2)CCCSC1. The molecule has 1 heterocycles. The Morgan fingerprint density at radius 3 is 2.69 bits per heavy atom. The average Bonchev–Trinajstić information content (AvgIpc) is 2.33. The summed E-state index contributed by atoms with van der Waals surface area (Å²) in [5.41, 5.74) is 6.95. The van der Waals surface area contributed by atoms with E-state index in [4.69, 9.17) is 5.73 Å². The predicted molar refractivity (Wildman–Crippen MR) is 70.1 cm³/mol.